The second-order valence-electron chi connectivity index (χ2n) is 10.1. The van der Waals surface area contributed by atoms with Gasteiger partial charge in [-0.25, -0.2) is 0 Å². The van der Waals surface area contributed by atoms with Gasteiger partial charge < -0.3 is 31.1 Å². The Labute approximate surface area is 207 Å². The van der Waals surface area contributed by atoms with Crippen molar-refractivity contribution < 1.29 is 39.6 Å². The molecule has 1 aromatic carbocycles. The molecule has 0 saturated heterocycles. The third-order valence-corrected chi connectivity index (χ3v) is 7.56. The monoisotopic (exact) mass is 499 g/mol. The van der Waals surface area contributed by atoms with Gasteiger partial charge in [-0.1, -0.05) is 0 Å². The Morgan fingerprint density at radius 2 is 1.72 bits per heavy atom. The van der Waals surface area contributed by atoms with Crippen LogP contribution in [-0.4, -0.2) is 88.4 Å². The molecular weight excluding hydrogens is 470 g/mol. The first-order valence-electron chi connectivity index (χ1n) is 11.4. The number of nitrogens with zero attached hydrogens (tertiary/aromatic N) is 2. The summed E-state index contributed by atoms with van der Waals surface area (Å²) >= 11 is 0. The number of carbonyl (C=O) groups excluding carboxylic acids is 4. The Kier molecular flexibility index (Phi) is 5.76. The summed E-state index contributed by atoms with van der Waals surface area (Å²) in [7, 11) is 6.54. The van der Waals surface area contributed by atoms with Gasteiger partial charge in [-0.3, -0.25) is 24.1 Å². The SMILES string of the molecule is CC(=O)c1cc(N(C)C)c2c(c1O)C(O)=C1C(=O)C3(O)C(O)=C(C(N)=O)C(=O)C(N(C)C)C3CC1C2. The molecule has 0 bridgehead atoms. The minimum atomic E-state index is -2.71. The Hall–Kier alpha value is -3.70. The zero-order chi connectivity index (χ0) is 27.0. The Morgan fingerprint density at radius 1 is 1.11 bits per heavy atom. The summed E-state index contributed by atoms with van der Waals surface area (Å²) in [5.41, 5.74) is 2.36. The maximum absolute atomic E-state index is 13.8. The van der Waals surface area contributed by atoms with Gasteiger partial charge in [-0.2, -0.15) is 0 Å². The van der Waals surface area contributed by atoms with E-state index in [9.17, 15) is 39.6 Å². The van der Waals surface area contributed by atoms with Crippen molar-refractivity contribution in [3.63, 3.8) is 0 Å². The molecule has 0 aliphatic heterocycles. The Bertz CT molecular complexity index is 1310. The lowest BCUT2D eigenvalue weighted by atomic mass is 9.57. The van der Waals surface area contributed by atoms with E-state index < -0.39 is 69.6 Å². The molecule has 4 unspecified atom stereocenters. The Balaban J connectivity index is 2.03. The first-order chi connectivity index (χ1) is 16.7. The molecule has 11 heteroatoms. The molecule has 0 radical (unpaired) electrons. The number of rotatable bonds is 4. The van der Waals surface area contributed by atoms with E-state index in [2.05, 4.69) is 0 Å². The number of carbonyl (C=O) groups is 4. The molecule has 6 N–H and O–H groups in total. The van der Waals surface area contributed by atoms with Gasteiger partial charge in [0.15, 0.2) is 17.2 Å². The average Bonchev–Trinajstić information content (AvgIpc) is 2.75. The van der Waals surface area contributed by atoms with Crippen molar-refractivity contribution in [3.05, 3.63) is 39.7 Å². The van der Waals surface area contributed by atoms with Crippen LogP contribution >= 0.6 is 0 Å². The number of fused-ring (bicyclic) bond motifs is 3. The molecule has 11 nitrogen and oxygen atoms in total. The first-order valence-corrected chi connectivity index (χ1v) is 11.4. The number of phenolic OH excluding ortho intramolecular Hbond substituents is 1. The minimum Gasteiger partial charge on any atom is -0.508 e. The lowest BCUT2D eigenvalue weighted by molar-refractivity contribution is -0.153. The molecule has 0 heterocycles. The van der Waals surface area contributed by atoms with E-state index in [1.807, 2.05) is 0 Å². The molecular formula is C25H29N3O8. The van der Waals surface area contributed by atoms with Crippen LogP contribution in [0.25, 0.3) is 5.76 Å². The predicted molar refractivity (Wildman–Crippen MR) is 129 cm³/mol. The fourth-order valence-corrected chi connectivity index (χ4v) is 5.96. The number of hydrogen-bond donors (Lipinski definition) is 5. The smallest absolute Gasteiger partial charge is 0.255 e. The number of ketones is 3. The summed E-state index contributed by atoms with van der Waals surface area (Å²) < 4.78 is 0. The molecule has 0 spiro atoms. The number of aliphatic hydroxyl groups is 3. The van der Waals surface area contributed by atoms with Crippen LogP contribution in [0.3, 0.4) is 0 Å². The molecule has 1 saturated carbocycles. The highest BCUT2D eigenvalue weighted by atomic mass is 16.3. The third-order valence-electron chi connectivity index (χ3n) is 7.56. The van der Waals surface area contributed by atoms with Crippen molar-refractivity contribution >= 4 is 34.7 Å². The highest BCUT2D eigenvalue weighted by Gasteiger charge is 2.64. The minimum absolute atomic E-state index is 0.00610. The van der Waals surface area contributed by atoms with Crippen LogP contribution in [0.4, 0.5) is 5.69 Å². The van der Waals surface area contributed by atoms with Gasteiger partial charge in [0.05, 0.1) is 17.2 Å². The number of benzene rings is 1. The quantitative estimate of drug-likeness (QED) is 0.284. The molecule has 4 rings (SSSR count). The van der Waals surface area contributed by atoms with Crippen LogP contribution in [0.5, 0.6) is 5.75 Å². The number of anilines is 1. The number of hydrogen-bond acceptors (Lipinski definition) is 10. The van der Waals surface area contributed by atoms with Gasteiger partial charge in [0.1, 0.15) is 22.8 Å². The number of primary amides is 1. The number of aliphatic hydroxyl groups excluding tert-OH is 2. The largest absolute Gasteiger partial charge is 0.508 e. The van der Waals surface area contributed by atoms with Crippen LogP contribution in [0, 0.1) is 11.8 Å². The number of phenols is 1. The zero-order valence-corrected chi connectivity index (χ0v) is 20.6. The molecule has 1 aromatic rings. The van der Waals surface area contributed by atoms with E-state index in [0.717, 1.165) is 0 Å². The Morgan fingerprint density at radius 3 is 2.22 bits per heavy atom. The van der Waals surface area contributed by atoms with Crippen LogP contribution in [0.1, 0.15) is 34.8 Å². The lowest BCUT2D eigenvalue weighted by Gasteiger charge is -2.50. The van der Waals surface area contributed by atoms with Crippen LogP contribution in [0.2, 0.25) is 0 Å². The van der Waals surface area contributed by atoms with E-state index in [4.69, 9.17) is 5.73 Å². The van der Waals surface area contributed by atoms with Gasteiger partial charge in [0, 0.05) is 31.3 Å². The van der Waals surface area contributed by atoms with Crippen LogP contribution in [-0.2, 0) is 20.8 Å². The van der Waals surface area contributed by atoms with E-state index >= 15 is 0 Å². The lowest BCUT2D eigenvalue weighted by Crippen LogP contribution is -2.65. The molecule has 192 valence electrons. The van der Waals surface area contributed by atoms with Gasteiger partial charge in [-0.15, -0.1) is 0 Å². The fourth-order valence-electron chi connectivity index (χ4n) is 5.96. The summed E-state index contributed by atoms with van der Waals surface area (Å²) in [6.07, 6.45) is 0.141. The third kappa shape index (κ3) is 3.19. The number of Topliss-reactive ketones (excluding diaryl/α,β-unsaturated/α-hetero) is 3. The second kappa shape index (κ2) is 8.17. The van der Waals surface area contributed by atoms with Crippen molar-refractivity contribution in [3.8, 4) is 5.75 Å². The molecule has 3 aliphatic rings. The van der Waals surface area contributed by atoms with E-state index in [1.165, 1.54) is 17.9 Å². The molecule has 3 aliphatic carbocycles. The highest BCUT2D eigenvalue weighted by molar-refractivity contribution is 6.24. The van der Waals surface area contributed by atoms with Crippen molar-refractivity contribution in [2.24, 2.45) is 17.6 Å². The summed E-state index contributed by atoms with van der Waals surface area (Å²) in [5.74, 6) is -7.77. The second-order valence-corrected chi connectivity index (χ2v) is 10.1. The van der Waals surface area contributed by atoms with E-state index in [0.29, 0.717) is 11.3 Å². The van der Waals surface area contributed by atoms with Crippen molar-refractivity contribution in [1.29, 1.82) is 0 Å². The number of aromatic hydroxyl groups is 1. The fraction of sp³-hybridized carbons (Fsp3) is 0.440. The van der Waals surface area contributed by atoms with Gasteiger partial charge >= 0.3 is 0 Å². The normalized spacial score (nSPS) is 27.6. The van der Waals surface area contributed by atoms with Gasteiger partial charge in [0.25, 0.3) is 5.91 Å². The summed E-state index contributed by atoms with van der Waals surface area (Å²) in [6.45, 7) is 1.25. The van der Waals surface area contributed by atoms with Crippen molar-refractivity contribution in [2.45, 2.75) is 31.4 Å². The molecule has 36 heavy (non-hydrogen) atoms. The molecule has 4 atom stereocenters. The maximum Gasteiger partial charge on any atom is 0.255 e. The number of nitrogens with two attached hydrogens (primary N) is 1. The first kappa shape index (κ1) is 25.4. The summed E-state index contributed by atoms with van der Waals surface area (Å²) in [5, 5.41) is 44.7. The standard InChI is InChI=1S/C25H29N3O8/c1-9(29)11-8-14(27(2)3)12-6-10-7-13-18(28(4)5)21(32)17(24(26)35)23(34)25(13,36)22(33)15(10)20(31)16(12)19(11)30/h8,10,13,18,30-31,34,36H,6-7H2,1-5H3,(H2,26,35). The van der Waals surface area contributed by atoms with Crippen LogP contribution in [0.15, 0.2) is 23.0 Å². The summed E-state index contributed by atoms with van der Waals surface area (Å²) in [4.78, 5) is 54.3. The average molecular weight is 500 g/mol. The van der Waals surface area contributed by atoms with Crippen molar-refractivity contribution in [1.82, 2.24) is 4.90 Å². The summed E-state index contributed by atoms with van der Waals surface area (Å²) in [6, 6.07) is 0.361. The molecule has 0 aromatic heterocycles. The van der Waals surface area contributed by atoms with Crippen molar-refractivity contribution in [2.75, 3.05) is 33.1 Å². The molecule has 1 amide bonds. The van der Waals surface area contributed by atoms with Gasteiger partial charge in [-0.05, 0) is 51.4 Å². The number of likely N-dealkylation sites (N-methyl/N-ethyl adjacent to an activating group) is 1. The van der Waals surface area contributed by atoms with Gasteiger partial charge in [0.2, 0.25) is 5.78 Å². The highest BCUT2D eigenvalue weighted by Crippen LogP contribution is 2.54. The van der Waals surface area contributed by atoms with Crippen LogP contribution < -0.4 is 10.6 Å². The predicted octanol–water partition coefficient (Wildman–Crippen LogP) is 0.233. The molecule has 1 fully saturated rings. The number of amides is 1. The van der Waals surface area contributed by atoms with E-state index in [1.54, 1.807) is 33.1 Å². The topological polar surface area (TPSA) is 182 Å². The zero-order valence-electron chi connectivity index (χ0n) is 20.6. The van der Waals surface area contributed by atoms with E-state index in [-0.39, 0.29) is 29.5 Å². The maximum atomic E-state index is 13.8.